The van der Waals surface area contributed by atoms with Crippen LogP contribution in [0.4, 0.5) is 10.5 Å². The summed E-state index contributed by atoms with van der Waals surface area (Å²) in [5.41, 5.74) is 2.50. The van der Waals surface area contributed by atoms with E-state index in [1.54, 1.807) is 5.38 Å². The number of benzene rings is 1. The average molecular weight is 315 g/mol. The normalized spacial score (nSPS) is 9.86. The number of nitrogens with one attached hydrogen (secondary N) is 2. The number of rotatable bonds is 5. The first-order chi connectivity index (χ1) is 10.6. The fourth-order valence-electron chi connectivity index (χ4n) is 1.79. The highest BCUT2D eigenvalue weighted by atomic mass is 32.1. The first-order valence-corrected chi connectivity index (χ1v) is 7.59. The maximum atomic E-state index is 11.8. The van der Waals surface area contributed by atoms with Crippen LogP contribution in [-0.4, -0.2) is 25.1 Å². The van der Waals surface area contributed by atoms with Gasteiger partial charge in [0.1, 0.15) is 11.1 Å². The smallest absolute Gasteiger partial charge is 0.315 e. The van der Waals surface area contributed by atoms with Gasteiger partial charge in [-0.1, -0.05) is 12.1 Å². The highest BCUT2D eigenvalue weighted by Crippen LogP contribution is 2.13. The molecule has 2 aromatic rings. The number of nitriles is 1. The van der Waals surface area contributed by atoms with Gasteiger partial charge in [0.2, 0.25) is 0 Å². The molecule has 0 aliphatic heterocycles. The lowest BCUT2D eigenvalue weighted by atomic mass is 10.2. The largest absolute Gasteiger partial charge is 0.378 e. The Bertz CT molecular complexity index is 689. The first-order valence-electron chi connectivity index (χ1n) is 6.71. The van der Waals surface area contributed by atoms with E-state index in [0.29, 0.717) is 23.8 Å². The fraction of sp³-hybridized carbons (Fsp3) is 0.267. The van der Waals surface area contributed by atoms with E-state index in [4.69, 9.17) is 5.26 Å². The third kappa shape index (κ3) is 4.46. The third-order valence-corrected chi connectivity index (χ3v) is 3.80. The van der Waals surface area contributed by atoms with Crippen molar-refractivity contribution in [3.05, 3.63) is 45.9 Å². The Morgan fingerprint density at radius 1 is 1.36 bits per heavy atom. The number of urea groups is 1. The second-order valence-corrected chi connectivity index (χ2v) is 5.78. The quantitative estimate of drug-likeness (QED) is 0.885. The second-order valence-electron chi connectivity index (χ2n) is 4.84. The molecule has 0 fully saturated rings. The first kappa shape index (κ1) is 15.8. The predicted octanol–water partition coefficient (Wildman–Crippen LogP) is 2.08. The minimum atomic E-state index is -0.260. The Morgan fingerprint density at radius 2 is 2.14 bits per heavy atom. The van der Waals surface area contributed by atoms with Gasteiger partial charge in [-0.25, -0.2) is 9.78 Å². The van der Waals surface area contributed by atoms with E-state index < -0.39 is 0 Å². The van der Waals surface area contributed by atoms with Gasteiger partial charge in [0.15, 0.2) is 5.69 Å². The molecule has 1 heterocycles. The molecule has 0 saturated heterocycles. The summed E-state index contributed by atoms with van der Waals surface area (Å²) in [7, 11) is 3.95. The summed E-state index contributed by atoms with van der Waals surface area (Å²) in [5, 5.41) is 16.6. The SMILES string of the molecule is CN(C)c1cccc(CNC(=O)NCc2nc(C#N)cs2)c1. The van der Waals surface area contributed by atoms with Crippen molar-refractivity contribution in [2.24, 2.45) is 0 Å². The van der Waals surface area contributed by atoms with E-state index in [9.17, 15) is 4.79 Å². The van der Waals surface area contributed by atoms with E-state index in [1.807, 2.05) is 49.3 Å². The number of thiazole rings is 1. The van der Waals surface area contributed by atoms with E-state index in [1.165, 1.54) is 11.3 Å². The van der Waals surface area contributed by atoms with Crippen molar-refractivity contribution in [1.29, 1.82) is 5.26 Å². The van der Waals surface area contributed by atoms with Gasteiger partial charge in [-0.2, -0.15) is 5.26 Å². The molecule has 114 valence electrons. The van der Waals surface area contributed by atoms with Crippen LogP contribution in [-0.2, 0) is 13.1 Å². The minimum Gasteiger partial charge on any atom is -0.378 e. The monoisotopic (exact) mass is 315 g/mol. The molecular weight excluding hydrogens is 298 g/mol. The predicted molar refractivity (Wildman–Crippen MR) is 86.7 cm³/mol. The molecule has 0 radical (unpaired) electrons. The summed E-state index contributed by atoms with van der Waals surface area (Å²) in [6.45, 7) is 0.769. The molecule has 7 heteroatoms. The molecule has 1 aromatic heterocycles. The van der Waals surface area contributed by atoms with Gasteiger partial charge in [-0.3, -0.25) is 0 Å². The second kappa shape index (κ2) is 7.43. The van der Waals surface area contributed by atoms with Crippen LogP contribution in [0.5, 0.6) is 0 Å². The van der Waals surface area contributed by atoms with E-state index in [0.717, 1.165) is 11.3 Å². The molecule has 6 nitrogen and oxygen atoms in total. The number of hydrogen-bond donors (Lipinski definition) is 2. The lowest BCUT2D eigenvalue weighted by Crippen LogP contribution is -2.34. The Hall–Kier alpha value is -2.59. The number of hydrogen-bond acceptors (Lipinski definition) is 5. The van der Waals surface area contributed by atoms with Gasteiger partial charge in [0.25, 0.3) is 0 Å². The summed E-state index contributed by atoms with van der Waals surface area (Å²) < 4.78 is 0. The van der Waals surface area contributed by atoms with Crippen molar-refractivity contribution >= 4 is 23.1 Å². The lowest BCUT2D eigenvalue weighted by Gasteiger charge is -2.14. The van der Waals surface area contributed by atoms with Gasteiger partial charge in [0.05, 0.1) is 6.54 Å². The average Bonchev–Trinajstić information content (AvgIpc) is 2.99. The summed E-state index contributed by atoms with van der Waals surface area (Å²) in [6, 6.07) is 9.67. The van der Waals surface area contributed by atoms with Crippen LogP contribution in [0.2, 0.25) is 0 Å². The number of nitrogens with zero attached hydrogens (tertiary/aromatic N) is 3. The Kier molecular flexibility index (Phi) is 5.33. The van der Waals surface area contributed by atoms with Crippen molar-refractivity contribution in [2.45, 2.75) is 13.1 Å². The van der Waals surface area contributed by atoms with E-state index in [2.05, 4.69) is 15.6 Å². The van der Waals surface area contributed by atoms with Gasteiger partial charge in [0, 0.05) is 31.7 Å². The van der Waals surface area contributed by atoms with Crippen molar-refractivity contribution in [3.63, 3.8) is 0 Å². The van der Waals surface area contributed by atoms with Crippen LogP contribution in [0, 0.1) is 11.3 Å². The van der Waals surface area contributed by atoms with Gasteiger partial charge in [-0.05, 0) is 17.7 Å². The van der Waals surface area contributed by atoms with Crippen LogP contribution in [0.3, 0.4) is 0 Å². The third-order valence-electron chi connectivity index (χ3n) is 2.95. The fourth-order valence-corrected chi connectivity index (χ4v) is 2.45. The van der Waals surface area contributed by atoms with Crippen LogP contribution in [0.25, 0.3) is 0 Å². The highest BCUT2D eigenvalue weighted by molar-refractivity contribution is 7.09. The maximum absolute atomic E-state index is 11.8. The van der Waals surface area contributed by atoms with Crippen LogP contribution in [0.15, 0.2) is 29.6 Å². The summed E-state index contributed by atoms with van der Waals surface area (Å²) in [5.74, 6) is 0. The van der Waals surface area contributed by atoms with Gasteiger partial charge >= 0.3 is 6.03 Å². The molecule has 0 spiro atoms. The molecule has 1 aromatic carbocycles. The zero-order chi connectivity index (χ0) is 15.9. The van der Waals surface area contributed by atoms with Crippen molar-refractivity contribution in [2.75, 3.05) is 19.0 Å². The van der Waals surface area contributed by atoms with Crippen molar-refractivity contribution in [3.8, 4) is 6.07 Å². The van der Waals surface area contributed by atoms with Crippen LogP contribution < -0.4 is 15.5 Å². The van der Waals surface area contributed by atoms with Gasteiger partial charge in [-0.15, -0.1) is 11.3 Å². The number of carbonyl (C=O) groups is 1. The molecule has 22 heavy (non-hydrogen) atoms. The van der Waals surface area contributed by atoms with E-state index in [-0.39, 0.29) is 6.03 Å². The molecule has 0 aliphatic rings. The minimum absolute atomic E-state index is 0.260. The molecule has 2 N–H and O–H groups in total. The molecule has 0 aliphatic carbocycles. The number of amides is 2. The van der Waals surface area contributed by atoms with Crippen molar-refractivity contribution in [1.82, 2.24) is 15.6 Å². The van der Waals surface area contributed by atoms with E-state index >= 15 is 0 Å². The zero-order valence-corrected chi connectivity index (χ0v) is 13.3. The number of carbonyl (C=O) groups excluding carboxylic acids is 1. The maximum Gasteiger partial charge on any atom is 0.315 e. The van der Waals surface area contributed by atoms with Crippen LogP contribution in [0.1, 0.15) is 16.3 Å². The Morgan fingerprint density at radius 3 is 2.82 bits per heavy atom. The topological polar surface area (TPSA) is 81.1 Å². The molecular formula is C15H17N5OS. The number of anilines is 1. The molecule has 0 saturated carbocycles. The Labute approximate surface area is 133 Å². The summed E-state index contributed by atoms with van der Waals surface area (Å²) in [6.07, 6.45) is 0. The van der Waals surface area contributed by atoms with Crippen LogP contribution >= 0.6 is 11.3 Å². The molecule has 0 unspecified atom stereocenters. The highest BCUT2D eigenvalue weighted by Gasteiger charge is 2.05. The lowest BCUT2D eigenvalue weighted by molar-refractivity contribution is 0.240. The van der Waals surface area contributed by atoms with Gasteiger partial charge < -0.3 is 15.5 Å². The van der Waals surface area contributed by atoms with Crippen molar-refractivity contribution < 1.29 is 4.79 Å². The molecule has 0 atom stereocenters. The Balaban J connectivity index is 1.80. The summed E-state index contributed by atoms with van der Waals surface area (Å²) >= 11 is 1.35. The molecule has 2 rings (SSSR count). The molecule has 2 amide bonds. The standard InChI is InChI=1S/C15H17N5OS/c1-20(2)13-5-3-4-11(6-13)8-17-15(21)18-9-14-19-12(7-16)10-22-14/h3-6,10H,8-9H2,1-2H3,(H2,17,18,21). The summed E-state index contributed by atoms with van der Waals surface area (Å²) in [4.78, 5) is 17.8. The number of aromatic nitrogens is 1. The zero-order valence-electron chi connectivity index (χ0n) is 12.5. The molecule has 0 bridgehead atoms.